The molecule has 4 aromatic carbocycles. The molecule has 0 unspecified atom stereocenters. The minimum atomic E-state index is -0.538. The Hall–Kier alpha value is -5.65. The highest BCUT2D eigenvalue weighted by Gasteiger charge is 2.22. The van der Waals surface area contributed by atoms with Crippen LogP contribution < -0.4 is 20.7 Å². The standard InChI is InChI=1S/C39H35N3O6S2/c1-4-48-30-19-15-26(16-20-30)21-33(41-36(44)28-9-6-5-7-10-28)37(45)40-29-11-8-12-31(22-29)49-24-34(43)42-38-35(39(46)47-3)32(23-50-38)27-17-13-25(2)14-18-27/h5-23H,4,24H2,1-3H3,(H,40,45)(H,41,44)(H,42,43)/b33-21+. The summed E-state index contributed by atoms with van der Waals surface area (Å²) in [6.45, 7) is 4.41. The van der Waals surface area contributed by atoms with Crippen LogP contribution in [0.4, 0.5) is 10.7 Å². The number of aryl methyl sites for hydroxylation is 1. The van der Waals surface area contributed by atoms with E-state index < -0.39 is 17.8 Å². The molecule has 1 aromatic heterocycles. The van der Waals surface area contributed by atoms with Crippen LogP contribution >= 0.6 is 23.1 Å². The highest BCUT2D eigenvalue weighted by atomic mass is 32.2. The van der Waals surface area contributed by atoms with Gasteiger partial charge in [0.2, 0.25) is 5.91 Å². The number of carbonyl (C=O) groups excluding carboxylic acids is 4. The lowest BCUT2D eigenvalue weighted by Crippen LogP contribution is -2.30. The van der Waals surface area contributed by atoms with Gasteiger partial charge in [0.25, 0.3) is 11.8 Å². The zero-order chi connectivity index (χ0) is 35.5. The molecule has 0 spiro atoms. The van der Waals surface area contributed by atoms with Crippen LogP contribution in [0.15, 0.2) is 119 Å². The SMILES string of the molecule is CCOc1ccc(/C=C(/NC(=O)c2ccccc2)C(=O)Nc2cccc(SCC(=O)Nc3scc(-c4ccc(C)cc4)c3C(=O)OC)c2)cc1. The van der Waals surface area contributed by atoms with E-state index in [0.717, 1.165) is 16.0 Å². The van der Waals surface area contributed by atoms with Gasteiger partial charge in [-0.15, -0.1) is 23.1 Å². The van der Waals surface area contributed by atoms with E-state index in [2.05, 4.69) is 16.0 Å². The molecule has 11 heteroatoms. The van der Waals surface area contributed by atoms with Gasteiger partial charge in [-0.3, -0.25) is 14.4 Å². The third kappa shape index (κ3) is 9.49. The van der Waals surface area contributed by atoms with Crippen LogP contribution in [0.5, 0.6) is 5.75 Å². The highest BCUT2D eigenvalue weighted by molar-refractivity contribution is 8.00. The Morgan fingerprint density at radius 1 is 0.860 bits per heavy atom. The molecule has 0 saturated heterocycles. The van der Waals surface area contributed by atoms with Crippen molar-refractivity contribution in [3.63, 3.8) is 0 Å². The first-order valence-corrected chi connectivity index (χ1v) is 17.5. The summed E-state index contributed by atoms with van der Waals surface area (Å²) in [5.74, 6) is -1.06. The van der Waals surface area contributed by atoms with E-state index in [1.165, 1.54) is 30.2 Å². The number of benzene rings is 4. The summed E-state index contributed by atoms with van der Waals surface area (Å²) in [7, 11) is 1.31. The van der Waals surface area contributed by atoms with Crippen LogP contribution in [0.3, 0.4) is 0 Å². The zero-order valence-electron chi connectivity index (χ0n) is 27.6. The summed E-state index contributed by atoms with van der Waals surface area (Å²) >= 11 is 2.52. The van der Waals surface area contributed by atoms with Gasteiger partial charge in [0, 0.05) is 27.1 Å². The molecule has 0 aliphatic carbocycles. The summed E-state index contributed by atoms with van der Waals surface area (Å²) in [5, 5.41) is 10.7. The normalized spacial score (nSPS) is 11.0. The summed E-state index contributed by atoms with van der Waals surface area (Å²) in [4.78, 5) is 53.0. The Morgan fingerprint density at radius 3 is 2.30 bits per heavy atom. The van der Waals surface area contributed by atoms with Gasteiger partial charge in [-0.2, -0.15) is 0 Å². The predicted octanol–water partition coefficient (Wildman–Crippen LogP) is 8.05. The lowest BCUT2D eigenvalue weighted by Gasteiger charge is -2.12. The average Bonchev–Trinajstić information content (AvgIpc) is 3.55. The summed E-state index contributed by atoms with van der Waals surface area (Å²) in [6.07, 6.45) is 1.59. The zero-order valence-corrected chi connectivity index (χ0v) is 29.3. The molecule has 50 heavy (non-hydrogen) atoms. The second kappa shape index (κ2) is 17.1. The van der Waals surface area contributed by atoms with Crippen molar-refractivity contribution in [1.29, 1.82) is 0 Å². The molecule has 0 saturated carbocycles. The van der Waals surface area contributed by atoms with Gasteiger partial charge in [0.05, 0.1) is 19.5 Å². The number of carbonyl (C=O) groups is 4. The number of anilines is 2. The Bertz CT molecular complexity index is 2010. The maximum atomic E-state index is 13.5. The van der Waals surface area contributed by atoms with Crippen molar-refractivity contribution in [1.82, 2.24) is 5.32 Å². The van der Waals surface area contributed by atoms with Gasteiger partial charge in [0.1, 0.15) is 22.0 Å². The number of hydrogen-bond acceptors (Lipinski definition) is 8. The molecule has 0 aliphatic heterocycles. The molecule has 0 aliphatic rings. The maximum absolute atomic E-state index is 13.5. The molecule has 0 fully saturated rings. The maximum Gasteiger partial charge on any atom is 0.341 e. The molecule has 254 valence electrons. The molecule has 0 atom stereocenters. The monoisotopic (exact) mass is 705 g/mol. The van der Waals surface area contributed by atoms with E-state index in [1.807, 2.05) is 49.6 Å². The van der Waals surface area contributed by atoms with Gasteiger partial charge in [-0.1, -0.05) is 66.2 Å². The largest absolute Gasteiger partial charge is 0.494 e. The number of ether oxygens (including phenoxy) is 2. The fraction of sp³-hybridized carbons (Fsp3) is 0.128. The molecule has 5 rings (SSSR count). The van der Waals surface area contributed by atoms with Gasteiger partial charge >= 0.3 is 5.97 Å². The lowest BCUT2D eigenvalue weighted by molar-refractivity contribution is -0.114. The van der Waals surface area contributed by atoms with Crippen molar-refractivity contribution in [2.45, 2.75) is 18.7 Å². The Morgan fingerprint density at radius 2 is 1.60 bits per heavy atom. The summed E-state index contributed by atoms with van der Waals surface area (Å²) < 4.78 is 10.5. The predicted molar refractivity (Wildman–Crippen MR) is 200 cm³/mol. The van der Waals surface area contributed by atoms with Crippen molar-refractivity contribution in [3.8, 4) is 16.9 Å². The molecule has 0 bridgehead atoms. The minimum absolute atomic E-state index is 0.0443. The highest BCUT2D eigenvalue weighted by Crippen LogP contribution is 2.36. The molecular formula is C39H35N3O6S2. The van der Waals surface area contributed by atoms with Crippen molar-refractivity contribution in [2.75, 3.05) is 30.1 Å². The van der Waals surface area contributed by atoms with Crippen molar-refractivity contribution < 1.29 is 28.7 Å². The first-order chi connectivity index (χ1) is 24.2. The van der Waals surface area contributed by atoms with Crippen molar-refractivity contribution in [2.24, 2.45) is 0 Å². The van der Waals surface area contributed by atoms with E-state index in [9.17, 15) is 19.2 Å². The first kappa shape index (κ1) is 35.7. The van der Waals surface area contributed by atoms with E-state index in [0.29, 0.717) is 45.3 Å². The smallest absolute Gasteiger partial charge is 0.341 e. The third-order valence-corrected chi connectivity index (χ3v) is 9.18. The number of esters is 1. The number of thiophene rings is 1. The third-order valence-electron chi connectivity index (χ3n) is 7.29. The number of hydrogen-bond donors (Lipinski definition) is 3. The van der Waals surface area contributed by atoms with Gasteiger partial charge in [0.15, 0.2) is 0 Å². The van der Waals surface area contributed by atoms with Crippen LogP contribution in [0, 0.1) is 6.92 Å². The molecule has 1 heterocycles. The van der Waals surface area contributed by atoms with Crippen LogP contribution in [0.1, 0.15) is 38.8 Å². The fourth-order valence-electron chi connectivity index (χ4n) is 4.81. The second-order valence-electron chi connectivity index (χ2n) is 10.9. The van der Waals surface area contributed by atoms with Gasteiger partial charge in [-0.25, -0.2) is 4.79 Å². The Balaban J connectivity index is 1.27. The van der Waals surface area contributed by atoms with Crippen LogP contribution in [-0.4, -0.2) is 43.2 Å². The van der Waals surface area contributed by atoms with Crippen LogP contribution in [-0.2, 0) is 14.3 Å². The van der Waals surface area contributed by atoms with Gasteiger partial charge in [-0.05, 0) is 73.5 Å². The lowest BCUT2D eigenvalue weighted by atomic mass is 10.0. The minimum Gasteiger partial charge on any atom is -0.494 e. The van der Waals surface area contributed by atoms with E-state index >= 15 is 0 Å². The first-order valence-electron chi connectivity index (χ1n) is 15.7. The number of thioether (sulfide) groups is 1. The molecule has 5 aromatic rings. The van der Waals surface area contributed by atoms with Crippen LogP contribution in [0.25, 0.3) is 17.2 Å². The topological polar surface area (TPSA) is 123 Å². The number of methoxy groups -OCH3 is 1. The quantitative estimate of drug-likeness (QED) is 0.0644. The van der Waals surface area contributed by atoms with Gasteiger partial charge < -0.3 is 25.4 Å². The van der Waals surface area contributed by atoms with Crippen LogP contribution in [0.2, 0.25) is 0 Å². The average molecular weight is 706 g/mol. The Kier molecular flexibility index (Phi) is 12.2. The van der Waals surface area contributed by atoms with E-state index in [1.54, 1.807) is 78.9 Å². The Labute approximate surface area is 298 Å². The van der Waals surface area contributed by atoms with Crippen molar-refractivity contribution in [3.05, 3.63) is 136 Å². The molecular weight excluding hydrogens is 671 g/mol. The number of nitrogens with one attached hydrogen (secondary N) is 3. The molecule has 3 N–H and O–H groups in total. The van der Waals surface area contributed by atoms with E-state index in [-0.39, 0.29) is 17.4 Å². The molecule has 9 nitrogen and oxygen atoms in total. The summed E-state index contributed by atoms with van der Waals surface area (Å²) in [5.41, 5.74) is 4.54. The number of amides is 3. The summed E-state index contributed by atoms with van der Waals surface area (Å²) in [6, 6.07) is 30.6. The van der Waals surface area contributed by atoms with Crippen molar-refractivity contribution >= 4 is 63.6 Å². The molecule has 3 amide bonds. The number of rotatable bonds is 13. The second-order valence-corrected chi connectivity index (χ2v) is 12.8. The molecule has 0 radical (unpaired) electrons. The fourth-order valence-corrected chi connectivity index (χ4v) is 6.54. The van der Waals surface area contributed by atoms with E-state index in [4.69, 9.17) is 9.47 Å².